The van der Waals surface area contributed by atoms with Crippen molar-refractivity contribution in [1.82, 2.24) is 9.88 Å². The van der Waals surface area contributed by atoms with E-state index < -0.39 is 0 Å². The van der Waals surface area contributed by atoms with Crippen LogP contribution in [0.1, 0.15) is 34.2 Å². The fourth-order valence-corrected chi connectivity index (χ4v) is 4.45. The summed E-state index contributed by atoms with van der Waals surface area (Å²) in [5, 5.41) is 12.0. The Balaban J connectivity index is 1.65. The quantitative estimate of drug-likeness (QED) is 0.578. The second-order valence-corrected chi connectivity index (χ2v) is 8.26. The first-order valence-corrected chi connectivity index (χ1v) is 9.91. The van der Waals surface area contributed by atoms with E-state index in [4.69, 9.17) is 0 Å². The maximum Gasteiger partial charge on any atom is 0.271 e. The zero-order chi connectivity index (χ0) is 19.6. The SMILES string of the molecule is Cc1nc(CC(C)C)sc1C(=O)N1CCN(c2cccc([N+](=O)[O-])c2)CC1. The second kappa shape index (κ2) is 8.04. The van der Waals surface area contributed by atoms with Gasteiger partial charge in [0, 0.05) is 50.4 Å². The average molecular weight is 388 g/mol. The number of rotatable bonds is 5. The van der Waals surface area contributed by atoms with Gasteiger partial charge in [-0.1, -0.05) is 19.9 Å². The monoisotopic (exact) mass is 388 g/mol. The molecular formula is C19H24N4O3S. The highest BCUT2D eigenvalue weighted by Crippen LogP contribution is 2.25. The fourth-order valence-electron chi connectivity index (χ4n) is 3.20. The van der Waals surface area contributed by atoms with Gasteiger partial charge in [-0.25, -0.2) is 4.98 Å². The number of nitrogens with zero attached hydrogens (tertiary/aromatic N) is 4. The number of hydrogen-bond donors (Lipinski definition) is 0. The first-order valence-electron chi connectivity index (χ1n) is 9.10. The van der Waals surface area contributed by atoms with Crippen LogP contribution in [0.5, 0.6) is 0 Å². The van der Waals surface area contributed by atoms with Gasteiger partial charge in [0.25, 0.3) is 11.6 Å². The van der Waals surface area contributed by atoms with E-state index in [0.29, 0.717) is 32.1 Å². The van der Waals surface area contributed by atoms with Crippen molar-refractivity contribution >= 4 is 28.6 Å². The molecule has 1 fully saturated rings. The van der Waals surface area contributed by atoms with E-state index in [1.54, 1.807) is 12.1 Å². The minimum atomic E-state index is -0.384. The lowest BCUT2D eigenvalue weighted by Gasteiger charge is -2.35. The van der Waals surface area contributed by atoms with Crippen molar-refractivity contribution in [2.75, 3.05) is 31.1 Å². The molecule has 1 saturated heterocycles. The van der Waals surface area contributed by atoms with E-state index >= 15 is 0 Å². The molecule has 0 radical (unpaired) electrons. The number of carbonyl (C=O) groups is 1. The molecule has 8 heteroatoms. The Labute approximate surface area is 162 Å². The molecule has 1 amide bonds. The first-order chi connectivity index (χ1) is 12.8. The van der Waals surface area contributed by atoms with Crippen LogP contribution in [0.4, 0.5) is 11.4 Å². The molecule has 3 rings (SSSR count). The van der Waals surface area contributed by atoms with Crippen LogP contribution < -0.4 is 4.90 Å². The van der Waals surface area contributed by atoms with E-state index in [0.717, 1.165) is 27.7 Å². The number of nitro groups is 1. The van der Waals surface area contributed by atoms with Crippen LogP contribution in [-0.4, -0.2) is 46.9 Å². The van der Waals surface area contributed by atoms with Gasteiger partial charge in [-0.05, 0) is 18.9 Å². The number of nitro benzene ring substituents is 1. The second-order valence-electron chi connectivity index (χ2n) is 7.18. The molecule has 0 bridgehead atoms. The number of aryl methyl sites for hydroxylation is 1. The summed E-state index contributed by atoms with van der Waals surface area (Å²) in [6.45, 7) is 8.69. The van der Waals surface area contributed by atoms with E-state index in [-0.39, 0.29) is 16.5 Å². The summed E-state index contributed by atoms with van der Waals surface area (Å²) in [5.74, 6) is 0.552. The predicted octanol–water partition coefficient (Wildman–Crippen LogP) is 3.52. The van der Waals surface area contributed by atoms with Crippen molar-refractivity contribution in [1.29, 1.82) is 0 Å². The average Bonchev–Trinajstić information content (AvgIpc) is 3.00. The van der Waals surface area contributed by atoms with Gasteiger partial charge in [0.05, 0.1) is 15.6 Å². The highest BCUT2D eigenvalue weighted by atomic mass is 32.1. The van der Waals surface area contributed by atoms with Crippen molar-refractivity contribution in [2.24, 2.45) is 5.92 Å². The molecule has 0 spiro atoms. The molecule has 1 aliphatic rings. The van der Waals surface area contributed by atoms with Gasteiger partial charge in [-0.15, -0.1) is 11.3 Å². The normalized spacial score (nSPS) is 14.7. The van der Waals surface area contributed by atoms with E-state index in [1.807, 2.05) is 17.9 Å². The van der Waals surface area contributed by atoms with E-state index in [2.05, 4.69) is 23.7 Å². The highest BCUT2D eigenvalue weighted by Gasteiger charge is 2.26. The van der Waals surface area contributed by atoms with E-state index in [9.17, 15) is 14.9 Å². The number of piperazine rings is 1. The third kappa shape index (κ3) is 4.44. The van der Waals surface area contributed by atoms with Gasteiger partial charge in [-0.3, -0.25) is 14.9 Å². The summed E-state index contributed by atoms with van der Waals surface area (Å²) in [4.78, 5) is 32.7. The molecule has 1 aromatic heterocycles. The van der Waals surface area contributed by atoms with E-state index in [1.165, 1.54) is 17.4 Å². The maximum atomic E-state index is 12.9. The largest absolute Gasteiger partial charge is 0.368 e. The molecular weight excluding hydrogens is 364 g/mol. The Hall–Kier alpha value is -2.48. The standard InChI is InChI=1S/C19H24N4O3S/c1-13(2)11-17-20-14(3)18(27-17)19(24)22-9-7-21(8-10-22)15-5-4-6-16(12-15)23(25)26/h4-6,12-13H,7-11H2,1-3H3. The van der Waals surface area contributed by atoms with Crippen molar-refractivity contribution in [2.45, 2.75) is 27.2 Å². The Kier molecular flexibility index (Phi) is 5.74. The summed E-state index contributed by atoms with van der Waals surface area (Å²) < 4.78 is 0. The van der Waals surface area contributed by atoms with Crippen LogP contribution in [0.3, 0.4) is 0 Å². The summed E-state index contributed by atoms with van der Waals surface area (Å²) in [6, 6.07) is 6.64. The van der Waals surface area contributed by atoms with Gasteiger partial charge < -0.3 is 9.80 Å². The topological polar surface area (TPSA) is 79.6 Å². The molecule has 2 heterocycles. The lowest BCUT2D eigenvalue weighted by Crippen LogP contribution is -2.48. The Morgan fingerprint density at radius 2 is 2.00 bits per heavy atom. The predicted molar refractivity (Wildman–Crippen MR) is 107 cm³/mol. The zero-order valence-corrected chi connectivity index (χ0v) is 16.7. The van der Waals surface area contributed by atoms with Crippen LogP contribution >= 0.6 is 11.3 Å². The number of carbonyl (C=O) groups excluding carboxylic acids is 1. The van der Waals surface area contributed by atoms with Gasteiger partial charge in [0.15, 0.2) is 0 Å². The van der Waals surface area contributed by atoms with Crippen molar-refractivity contribution < 1.29 is 9.72 Å². The maximum absolute atomic E-state index is 12.9. The Morgan fingerprint density at radius 3 is 2.63 bits per heavy atom. The first kappa shape index (κ1) is 19.3. The Morgan fingerprint density at radius 1 is 1.30 bits per heavy atom. The van der Waals surface area contributed by atoms with Gasteiger partial charge >= 0.3 is 0 Å². The van der Waals surface area contributed by atoms with Gasteiger partial charge in [0.2, 0.25) is 0 Å². The summed E-state index contributed by atoms with van der Waals surface area (Å²) in [7, 11) is 0. The molecule has 0 aliphatic carbocycles. The zero-order valence-electron chi connectivity index (χ0n) is 15.8. The minimum Gasteiger partial charge on any atom is -0.368 e. The molecule has 1 aromatic carbocycles. The molecule has 0 N–H and O–H groups in total. The van der Waals surface area contributed by atoms with Crippen LogP contribution in [0.2, 0.25) is 0 Å². The summed E-state index contributed by atoms with van der Waals surface area (Å²) in [6.07, 6.45) is 0.888. The number of benzene rings is 1. The third-order valence-corrected chi connectivity index (χ3v) is 5.76. The highest BCUT2D eigenvalue weighted by molar-refractivity contribution is 7.13. The number of hydrogen-bond acceptors (Lipinski definition) is 6. The minimum absolute atomic E-state index is 0.0405. The number of aromatic nitrogens is 1. The third-order valence-electron chi connectivity index (χ3n) is 4.59. The van der Waals surface area contributed by atoms with Crippen LogP contribution in [0.15, 0.2) is 24.3 Å². The molecule has 1 aliphatic heterocycles. The van der Waals surface area contributed by atoms with Crippen molar-refractivity contribution in [3.05, 3.63) is 50.0 Å². The van der Waals surface area contributed by atoms with Crippen molar-refractivity contribution in [3.63, 3.8) is 0 Å². The number of thiazole rings is 1. The molecule has 0 saturated carbocycles. The van der Waals surface area contributed by atoms with Gasteiger partial charge in [-0.2, -0.15) is 0 Å². The molecule has 2 aromatic rings. The van der Waals surface area contributed by atoms with Crippen LogP contribution in [0.25, 0.3) is 0 Å². The Bertz CT molecular complexity index is 841. The fraction of sp³-hybridized carbons (Fsp3) is 0.474. The molecule has 27 heavy (non-hydrogen) atoms. The number of anilines is 1. The van der Waals surface area contributed by atoms with Crippen LogP contribution in [-0.2, 0) is 6.42 Å². The molecule has 144 valence electrons. The molecule has 0 atom stereocenters. The lowest BCUT2D eigenvalue weighted by molar-refractivity contribution is -0.384. The lowest BCUT2D eigenvalue weighted by atomic mass is 10.1. The number of amides is 1. The van der Waals surface area contributed by atoms with Gasteiger partial charge in [0.1, 0.15) is 4.88 Å². The van der Waals surface area contributed by atoms with Crippen LogP contribution in [0, 0.1) is 23.0 Å². The van der Waals surface area contributed by atoms with Crippen molar-refractivity contribution in [3.8, 4) is 0 Å². The smallest absolute Gasteiger partial charge is 0.271 e. The number of non-ortho nitro benzene ring substituents is 1. The summed E-state index contributed by atoms with van der Waals surface area (Å²) in [5.41, 5.74) is 1.72. The molecule has 7 nitrogen and oxygen atoms in total. The molecule has 0 unspecified atom stereocenters. The summed E-state index contributed by atoms with van der Waals surface area (Å²) >= 11 is 1.50.